The van der Waals surface area contributed by atoms with E-state index in [2.05, 4.69) is 22.3 Å². The predicted octanol–water partition coefficient (Wildman–Crippen LogP) is 3.27. The highest BCUT2D eigenvalue weighted by Gasteiger charge is 2.12. The second-order valence-corrected chi connectivity index (χ2v) is 5.49. The number of hydrogen-bond donors (Lipinski definition) is 2. The van der Waals surface area contributed by atoms with Crippen LogP contribution in [0.5, 0.6) is 0 Å². The van der Waals surface area contributed by atoms with Crippen LogP contribution in [0.4, 0.5) is 5.69 Å². The van der Waals surface area contributed by atoms with Crippen molar-refractivity contribution >= 4 is 11.6 Å². The summed E-state index contributed by atoms with van der Waals surface area (Å²) in [5.41, 5.74) is 3.08. The zero-order valence-electron chi connectivity index (χ0n) is 13.9. The van der Waals surface area contributed by atoms with Crippen molar-refractivity contribution in [2.24, 2.45) is 0 Å². The van der Waals surface area contributed by atoms with Crippen LogP contribution >= 0.6 is 0 Å². The topological polar surface area (TPSA) is 48.4 Å². The lowest BCUT2D eigenvalue weighted by atomic mass is 10.1. The van der Waals surface area contributed by atoms with Crippen LogP contribution in [0.15, 0.2) is 54.6 Å². The minimum atomic E-state index is 0.233. The van der Waals surface area contributed by atoms with Crippen LogP contribution in [-0.4, -0.2) is 33.1 Å². The molecule has 0 heterocycles. The average molecular weight is 311 g/mol. The van der Waals surface area contributed by atoms with E-state index in [1.165, 1.54) is 5.56 Å². The van der Waals surface area contributed by atoms with Crippen molar-refractivity contribution in [1.29, 1.82) is 5.41 Å². The van der Waals surface area contributed by atoms with E-state index in [0.717, 1.165) is 30.8 Å². The fourth-order valence-electron chi connectivity index (χ4n) is 2.44. The summed E-state index contributed by atoms with van der Waals surface area (Å²) in [6.07, 6.45) is 0.890. The molecule has 0 aromatic heterocycles. The number of rotatable bonds is 8. The molecule has 4 heteroatoms. The first-order chi connectivity index (χ1) is 11.2. The molecule has 23 heavy (non-hydrogen) atoms. The van der Waals surface area contributed by atoms with Crippen molar-refractivity contribution in [1.82, 2.24) is 5.32 Å². The largest absolute Gasteiger partial charge is 0.478 e. The molecule has 122 valence electrons. The molecular formula is C19H25N3O. The number of nitrogens with zero attached hydrogens (tertiary/aromatic N) is 1. The first kappa shape index (κ1) is 17.0. The second kappa shape index (κ2) is 8.96. The van der Waals surface area contributed by atoms with Crippen LogP contribution < -0.4 is 10.2 Å². The molecule has 4 nitrogen and oxygen atoms in total. The van der Waals surface area contributed by atoms with Crippen LogP contribution in [-0.2, 0) is 11.3 Å². The van der Waals surface area contributed by atoms with Gasteiger partial charge in [-0.2, -0.15) is 0 Å². The van der Waals surface area contributed by atoms with E-state index in [9.17, 15) is 0 Å². The van der Waals surface area contributed by atoms with Gasteiger partial charge < -0.3 is 15.0 Å². The molecule has 0 unspecified atom stereocenters. The minimum Gasteiger partial charge on any atom is -0.478 e. The van der Waals surface area contributed by atoms with Gasteiger partial charge in [-0.25, -0.2) is 0 Å². The van der Waals surface area contributed by atoms with Crippen molar-refractivity contribution < 1.29 is 4.74 Å². The molecule has 0 fully saturated rings. The fraction of sp³-hybridized carbons (Fsp3) is 0.316. The van der Waals surface area contributed by atoms with Gasteiger partial charge in [-0.3, -0.25) is 5.41 Å². The maximum atomic E-state index is 8.21. The lowest BCUT2D eigenvalue weighted by molar-refractivity contribution is 0.296. The smallest absolute Gasteiger partial charge is 0.215 e. The first-order valence-corrected chi connectivity index (χ1v) is 7.92. The molecule has 2 rings (SSSR count). The Hall–Kier alpha value is -2.33. The van der Waals surface area contributed by atoms with Gasteiger partial charge in [0.25, 0.3) is 0 Å². The Morgan fingerprint density at radius 2 is 1.78 bits per heavy atom. The van der Waals surface area contributed by atoms with E-state index in [1.807, 2.05) is 56.6 Å². The maximum Gasteiger partial charge on any atom is 0.215 e. The Kier molecular flexibility index (Phi) is 6.63. The molecule has 0 bridgehead atoms. The molecule has 0 spiro atoms. The minimum absolute atomic E-state index is 0.233. The van der Waals surface area contributed by atoms with Gasteiger partial charge in [-0.15, -0.1) is 0 Å². The molecule has 0 saturated carbocycles. The van der Waals surface area contributed by atoms with Gasteiger partial charge in [-0.05, 0) is 37.7 Å². The molecule has 0 amide bonds. The predicted molar refractivity (Wildman–Crippen MR) is 96.3 cm³/mol. The third-order valence-electron chi connectivity index (χ3n) is 3.64. The monoisotopic (exact) mass is 311 g/mol. The Bertz CT molecular complexity index is 613. The van der Waals surface area contributed by atoms with Crippen LogP contribution in [0.1, 0.15) is 17.5 Å². The van der Waals surface area contributed by atoms with Gasteiger partial charge in [0.1, 0.15) is 0 Å². The number of ether oxygens (including phenoxy) is 1. The lowest BCUT2D eigenvalue weighted by Crippen LogP contribution is -2.20. The molecule has 0 aliphatic heterocycles. The Labute approximate surface area is 138 Å². The molecule has 2 N–H and O–H groups in total. The van der Waals surface area contributed by atoms with Crippen LogP contribution in [0.3, 0.4) is 0 Å². The number of nitrogens with one attached hydrogen (secondary N) is 2. The number of benzene rings is 2. The van der Waals surface area contributed by atoms with Gasteiger partial charge in [0.05, 0.1) is 12.2 Å². The highest BCUT2D eigenvalue weighted by atomic mass is 16.5. The van der Waals surface area contributed by atoms with Gasteiger partial charge in [0.15, 0.2) is 0 Å². The van der Waals surface area contributed by atoms with Gasteiger partial charge in [-0.1, -0.05) is 42.5 Å². The molecule has 0 atom stereocenters. The summed E-state index contributed by atoms with van der Waals surface area (Å²) in [5.74, 6) is 0.233. The van der Waals surface area contributed by atoms with E-state index >= 15 is 0 Å². The van der Waals surface area contributed by atoms with Crippen molar-refractivity contribution in [3.05, 3.63) is 65.7 Å². The van der Waals surface area contributed by atoms with Gasteiger partial charge in [0, 0.05) is 19.3 Å². The summed E-state index contributed by atoms with van der Waals surface area (Å²) < 4.78 is 5.59. The highest BCUT2D eigenvalue weighted by molar-refractivity contribution is 5.97. The van der Waals surface area contributed by atoms with Gasteiger partial charge in [0.2, 0.25) is 5.90 Å². The lowest BCUT2D eigenvalue weighted by Gasteiger charge is -2.23. The van der Waals surface area contributed by atoms with E-state index < -0.39 is 0 Å². The fourth-order valence-corrected chi connectivity index (χ4v) is 2.44. The standard InChI is InChI=1S/C19H25N3O/c1-21-13-8-14-23-19(20)17-11-6-7-12-18(17)22(2)15-16-9-4-3-5-10-16/h3-7,9-12,20-21H,8,13-15H2,1-2H3. The highest BCUT2D eigenvalue weighted by Crippen LogP contribution is 2.22. The van der Waals surface area contributed by atoms with Crippen molar-refractivity contribution in [3.8, 4) is 0 Å². The van der Waals surface area contributed by atoms with Crippen molar-refractivity contribution in [2.75, 3.05) is 32.1 Å². The molecule has 0 radical (unpaired) electrons. The summed E-state index contributed by atoms with van der Waals surface area (Å²) in [5, 5.41) is 11.3. The van der Waals surface area contributed by atoms with E-state index in [-0.39, 0.29) is 5.90 Å². The summed E-state index contributed by atoms with van der Waals surface area (Å²) in [4.78, 5) is 2.15. The van der Waals surface area contributed by atoms with E-state index in [4.69, 9.17) is 10.1 Å². The summed E-state index contributed by atoms with van der Waals surface area (Å²) in [6, 6.07) is 18.2. The van der Waals surface area contributed by atoms with Crippen LogP contribution in [0.2, 0.25) is 0 Å². The third-order valence-corrected chi connectivity index (χ3v) is 3.64. The normalized spacial score (nSPS) is 10.3. The number of hydrogen-bond acceptors (Lipinski definition) is 4. The SMILES string of the molecule is CNCCCOC(=N)c1ccccc1N(C)Cc1ccccc1. The quantitative estimate of drug-likeness (QED) is 0.447. The van der Waals surface area contributed by atoms with Gasteiger partial charge >= 0.3 is 0 Å². The molecule has 0 saturated heterocycles. The van der Waals surface area contributed by atoms with E-state index in [0.29, 0.717) is 6.61 Å². The molecular weight excluding hydrogens is 286 g/mol. The second-order valence-electron chi connectivity index (χ2n) is 5.49. The first-order valence-electron chi connectivity index (χ1n) is 7.92. The van der Waals surface area contributed by atoms with Crippen LogP contribution in [0, 0.1) is 5.41 Å². The van der Waals surface area contributed by atoms with Crippen molar-refractivity contribution in [2.45, 2.75) is 13.0 Å². The summed E-state index contributed by atoms with van der Waals surface area (Å²) in [6.45, 7) is 2.24. The van der Waals surface area contributed by atoms with Crippen LogP contribution in [0.25, 0.3) is 0 Å². The summed E-state index contributed by atoms with van der Waals surface area (Å²) >= 11 is 0. The zero-order chi connectivity index (χ0) is 16.5. The Balaban J connectivity index is 2.05. The van der Waals surface area contributed by atoms with Crippen molar-refractivity contribution in [3.63, 3.8) is 0 Å². The Morgan fingerprint density at radius 3 is 2.52 bits per heavy atom. The maximum absolute atomic E-state index is 8.21. The molecule has 0 aliphatic carbocycles. The zero-order valence-corrected chi connectivity index (χ0v) is 13.9. The Morgan fingerprint density at radius 1 is 1.09 bits per heavy atom. The molecule has 0 aliphatic rings. The number of anilines is 1. The number of para-hydroxylation sites is 1. The molecule has 2 aromatic rings. The molecule has 2 aromatic carbocycles. The van der Waals surface area contributed by atoms with E-state index in [1.54, 1.807) is 0 Å². The summed E-state index contributed by atoms with van der Waals surface area (Å²) in [7, 11) is 3.96. The average Bonchev–Trinajstić information content (AvgIpc) is 2.59. The third kappa shape index (κ3) is 5.11.